The lowest BCUT2D eigenvalue weighted by atomic mass is 10.1. The topological polar surface area (TPSA) is 131 Å². The standard InChI is InChI=1S/C13H23N5O3/c14-13(15)16-6-3-4-10(9-19)17-11(20)8-18-7-2-1-5-12(18)21/h9-10H,1-8H2,(H,17,20)(H4,14,15,16). The van der Waals surface area contributed by atoms with Crippen LogP contribution in [-0.4, -0.2) is 54.6 Å². The van der Waals surface area contributed by atoms with Crippen LogP contribution in [0.25, 0.3) is 0 Å². The molecule has 0 bridgehead atoms. The summed E-state index contributed by atoms with van der Waals surface area (Å²) in [6.07, 6.45) is 4.01. The molecular formula is C13H23N5O3. The molecule has 1 fully saturated rings. The number of nitrogens with one attached hydrogen (secondary N) is 1. The van der Waals surface area contributed by atoms with Crippen LogP contribution < -0.4 is 16.8 Å². The van der Waals surface area contributed by atoms with E-state index in [1.165, 1.54) is 4.90 Å². The van der Waals surface area contributed by atoms with Crippen molar-refractivity contribution in [2.75, 3.05) is 19.6 Å². The summed E-state index contributed by atoms with van der Waals surface area (Å²) < 4.78 is 0. The average Bonchev–Trinajstić information content (AvgIpc) is 2.44. The zero-order valence-electron chi connectivity index (χ0n) is 12.1. The zero-order valence-corrected chi connectivity index (χ0v) is 12.1. The number of hydrogen-bond donors (Lipinski definition) is 3. The van der Waals surface area contributed by atoms with E-state index in [0.29, 0.717) is 38.6 Å². The molecule has 0 spiro atoms. The van der Waals surface area contributed by atoms with Gasteiger partial charge in [0.15, 0.2) is 5.96 Å². The Morgan fingerprint density at radius 3 is 2.81 bits per heavy atom. The Balaban J connectivity index is 2.31. The third-order valence-electron chi connectivity index (χ3n) is 3.23. The number of nitrogens with two attached hydrogens (primary N) is 2. The van der Waals surface area contributed by atoms with Crippen molar-refractivity contribution < 1.29 is 14.4 Å². The van der Waals surface area contributed by atoms with E-state index in [0.717, 1.165) is 12.8 Å². The predicted octanol–water partition coefficient (Wildman–Crippen LogP) is -1.26. The molecule has 5 N–H and O–H groups in total. The van der Waals surface area contributed by atoms with Gasteiger partial charge in [0.25, 0.3) is 0 Å². The third kappa shape index (κ3) is 6.73. The molecular weight excluding hydrogens is 274 g/mol. The number of rotatable bonds is 8. The summed E-state index contributed by atoms with van der Waals surface area (Å²) in [5.74, 6) is -0.318. The molecule has 0 aromatic rings. The van der Waals surface area contributed by atoms with Gasteiger partial charge in [0.2, 0.25) is 11.8 Å². The van der Waals surface area contributed by atoms with Crippen LogP contribution in [0.1, 0.15) is 32.1 Å². The number of aldehydes is 1. The summed E-state index contributed by atoms with van der Waals surface area (Å²) in [6.45, 7) is 1.02. The Bertz CT molecular complexity index is 407. The van der Waals surface area contributed by atoms with Gasteiger partial charge in [0.05, 0.1) is 12.6 Å². The van der Waals surface area contributed by atoms with E-state index in [-0.39, 0.29) is 24.3 Å². The number of aliphatic imine (C=N–C) groups is 1. The van der Waals surface area contributed by atoms with Crippen molar-refractivity contribution in [1.82, 2.24) is 10.2 Å². The average molecular weight is 297 g/mol. The van der Waals surface area contributed by atoms with Crippen molar-refractivity contribution in [2.24, 2.45) is 16.5 Å². The summed E-state index contributed by atoms with van der Waals surface area (Å²) in [5, 5.41) is 2.61. The normalized spacial score (nSPS) is 16.2. The van der Waals surface area contributed by atoms with E-state index in [2.05, 4.69) is 10.3 Å². The van der Waals surface area contributed by atoms with Gasteiger partial charge >= 0.3 is 0 Å². The van der Waals surface area contributed by atoms with Crippen molar-refractivity contribution in [3.05, 3.63) is 0 Å². The van der Waals surface area contributed by atoms with E-state index in [1.807, 2.05) is 0 Å². The first-order valence-electron chi connectivity index (χ1n) is 7.10. The largest absolute Gasteiger partial charge is 0.370 e. The Kier molecular flexibility index (Phi) is 7.20. The lowest BCUT2D eigenvalue weighted by molar-refractivity contribution is -0.138. The minimum Gasteiger partial charge on any atom is -0.370 e. The van der Waals surface area contributed by atoms with E-state index >= 15 is 0 Å². The smallest absolute Gasteiger partial charge is 0.240 e. The minimum absolute atomic E-state index is 0.00491. The fraction of sp³-hybridized carbons (Fsp3) is 0.692. The van der Waals surface area contributed by atoms with Crippen LogP contribution in [0.2, 0.25) is 0 Å². The van der Waals surface area contributed by atoms with Crippen LogP contribution in [0.15, 0.2) is 4.99 Å². The van der Waals surface area contributed by atoms with Crippen molar-refractivity contribution in [1.29, 1.82) is 0 Å². The second kappa shape index (κ2) is 8.93. The number of carbonyl (C=O) groups excluding carboxylic acids is 3. The van der Waals surface area contributed by atoms with Crippen molar-refractivity contribution >= 4 is 24.1 Å². The summed E-state index contributed by atoms with van der Waals surface area (Å²) in [4.78, 5) is 39.7. The summed E-state index contributed by atoms with van der Waals surface area (Å²) in [5.41, 5.74) is 10.4. The van der Waals surface area contributed by atoms with Crippen LogP contribution in [0.4, 0.5) is 0 Å². The highest BCUT2D eigenvalue weighted by molar-refractivity contribution is 5.86. The Labute approximate surface area is 123 Å². The van der Waals surface area contributed by atoms with E-state index in [1.54, 1.807) is 0 Å². The Hall–Kier alpha value is -2.12. The number of amides is 2. The molecule has 0 radical (unpaired) electrons. The summed E-state index contributed by atoms with van der Waals surface area (Å²) >= 11 is 0. The molecule has 1 aliphatic heterocycles. The van der Waals surface area contributed by atoms with Crippen LogP contribution in [0.3, 0.4) is 0 Å². The van der Waals surface area contributed by atoms with E-state index in [4.69, 9.17) is 11.5 Å². The lowest BCUT2D eigenvalue weighted by Crippen LogP contribution is -2.46. The van der Waals surface area contributed by atoms with Gasteiger partial charge in [-0.3, -0.25) is 14.6 Å². The van der Waals surface area contributed by atoms with E-state index in [9.17, 15) is 14.4 Å². The quantitative estimate of drug-likeness (QED) is 0.223. The van der Waals surface area contributed by atoms with Crippen molar-refractivity contribution in [3.8, 4) is 0 Å². The molecule has 1 heterocycles. The maximum absolute atomic E-state index is 11.8. The number of piperidine rings is 1. The molecule has 1 aliphatic rings. The minimum atomic E-state index is -0.577. The van der Waals surface area contributed by atoms with Gasteiger partial charge < -0.3 is 26.5 Å². The van der Waals surface area contributed by atoms with Crippen LogP contribution >= 0.6 is 0 Å². The molecule has 8 heteroatoms. The van der Waals surface area contributed by atoms with E-state index < -0.39 is 6.04 Å². The number of carbonyl (C=O) groups is 3. The predicted molar refractivity (Wildman–Crippen MR) is 78.3 cm³/mol. The van der Waals surface area contributed by atoms with Gasteiger partial charge in [0, 0.05) is 19.5 Å². The molecule has 1 saturated heterocycles. The molecule has 21 heavy (non-hydrogen) atoms. The lowest BCUT2D eigenvalue weighted by Gasteiger charge is -2.26. The zero-order chi connectivity index (χ0) is 15.7. The maximum atomic E-state index is 11.8. The number of nitrogens with zero attached hydrogens (tertiary/aromatic N) is 2. The summed E-state index contributed by atoms with van der Waals surface area (Å²) in [6, 6.07) is -0.577. The van der Waals surface area contributed by atoms with Crippen molar-refractivity contribution in [2.45, 2.75) is 38.1 Å². The maximum Gasteiger partial charge on any atom is 0.240 e. The Morgan fingerprint density at radius 2 is 2.19 bits per heavy atom. The SMILES string of the molecule is NC(N)=NCCCC(C=O)NC(=O)CN1CCCCC1=O. The first kappa shape index (κ1) is 16.9. The van der Waals surface area contributed by atoms with Crippen LogP contribution in [-0.2, 0) is 14.4 Å². The third-order valence-corrected chi connectivity index (χ3v) is 3.23. The molecule has 1 rings (SSSR count). The van der Waals surface area contributed by atoms with Gasteiger partial charge in [-0.05, 0) is 25.7 Å². The highest BCUT2D eigenvalue weighted by Gasteiger charge is 2.21. The fourth-order valence-electron chi connectivity index (χ4n) is 2.15. The van der Waals surface area contributed by atoms with Gasteiger partial charge in [0.1, 0.15) is 6.29 Å². The molecule has 2 amide bonds. The monoisotopic (exact) mass is 297 g/mol. The summed E-state index contributed by atoms with van der Waals surface area (Å²) in [7, 11) is 0. The molecule has 118 valence electrons. The molecule has 0 saturated carbocycles. The Morgan fingerprint density at radius 1 is 1.43 bits per heavy atom. The van der Waals surface area contributed by atoms with Gasteiger partial charge in [-0.1, -0.05) is 0 Å². The first-order valence-corrected chi connectivity index (χ1v) is 7.10. The number of likely N-dealkylation sites (tertiary alicyclic amines) is 1. The van der Waals surface area contributed by atoms with Gasteiger partial charge in [-0.15, -0.1) is 0 Å². The van der Waals surface area contributed by atoms with Gasteiger partial charge in [-0.25, -0.2) is 0 Å². The molecule has 1 atom stereocenters. The van der Waals surface area contributed by atoms with Crippen LogP contribution in [0, 0.1) is 0 Å². The van der Waals surface area contributed by atoms with Crippen molar-refractivity contribution in [3.63, 3.8) is 0 Å². The molecule has 0 aromatic carbocycles. The highest BCUT2D eigenvalue weighted by Crippen LogP contribution is 2.09. The molecule has 0 aromatic heterocycles. The van der Waals surface area contributed by atoms with Gasteiger partial charge in [-0.2, -0.15) is 0 Å². The number of hydrogen-bond acceptors (Lipinski definition) is 4. The molecule has 8 nitrogen and oxygen atoms in total. The fourth-order valence-corrected chi connectivity index (χ4v) is 2.15. The number of guanidine groups is 1. The highest BCUT2D eigenvalue weighted by atomic mass is 16.2. The molecule has 0 aliphatic carbocycles. The first-order chi connectivity index (χ1) is 10.0. The molecule has 1 unspecified atom stereocenters. The second-order valence-corrected chi connectivity index (χ2v) is 5.03. The second-order valence-electron chi connectivity index (χ2n) is 5.03. The van der Waals surface area contributed by atoms with Crippen LogP contribution in [0.5, 0.6) is 0 Å².